The van der Waals surface area contributed by atoms with Crippen molar-refractivity contribution in [3.63, 3.8) is 0 Å². The van der Waals surface area contributed by atoms with Crippen molar-refractivity contribution < 1.29 is 0 Å². The molecule has 0 heteroatoms. The van der Waals surface area contributed by atoms with Gasteiger partial charge in [-0.05, 0) is 54.7 Å². The van der Waals surface area contributed by atoms with Gasteiger partial charge in [-0.1, -0.05) is 32.0 Å². The zero-order valence-corrected chi connectivity index (χ0v) is 9.51. The number of rotatable bonds is 1. The zero-order chi connectivity index (χ0) is 10.1. The van der Waals surface area contributed by atoms with Crippen LogP contribution in [0.25, 0.3) is 0 Å². The second-order valence-corrected chi connectivity index (χ2v) is 4.96. The number of hydrogen-bond donors (Lipinski definition) is 0. The third kappa shape index (κ3) is 1.70. The fourth-order valence-corrected chi connectivity index (χ4v) is 2.56. The molecule has 0 saturated heterocycles. The van der Waals surface area contributed by atoms with Crippen molar-refractivity contribution in [2.24, 2.45) is 11.8 Å². The topological polar surface area (TPSA) is 0 Å². The molecule has 1 unspecified atom stereocenters. The van der Waals surface area contributed by atoms with Crippen molar-refractivity contribution in [1.82, 2.24) is 0 Å². The van der Waals surface area contributed by atoms with Crippen molar-refractivity contribution in [2.75, 3.05) is 0 Å². The normalized spacial score (nSPS) is 21.0. The Morgan fingerprint density at radius 1 is 1.29 bits per heavy atom. The van der Waals surface area contributed by atoms with E-state index < -0.39 is 0 Å². The molecule has 0 nitrogen and oxygen atoms in total. The monoisotopic (exact) mass is 188 g/mol. The Hall–Kier alpha value is -0.780. The highest BCUT2D eigenvalue weighted by Crippen LogP contribution is 2.31. The molecular weight excluding hydrogens is 168 g/mol. The van der Waals surface area contributed by atoms with Crippen LogP contribution in [0, 0.1) is 18.8 Å². The Balaban J connectivity index is 2.29. The number of hydrogen-bond acceptors (Lipinski definition) is 0. The highest BCUT2D eigenvalue weighted by Gasteiger charge is 2.21. The summed E-state index contributed by atoms with van der Waals surface area (Å²) >= 11 is 0. The molecule has 0 amide bonds. The molecule has 14 heavy (non-hydrogen) atoms. The maximum atomic E-state index is 2.36. The third-order valence-corrected chi connectivity index (χ3v) is 3.70. The largest absolute Gasteiger partial charge is 0.0625 e. The lowest BCUT2D eigenvalue weighted by Gasteiger charge is -2.28. The van der Waals surface area contributed by atoms with E-state index in [1.807, 2.05) is 0 Å². The van der Waals surface area contributed by atoms with E-state index in [0.717, 1.165) is 11.8 Å². The average molecular weight is 188 g/mol. The van der Waals surface area contributed by atoms with Crippen LogP contribution in [0.1, 0.15) is 37.0 Å². The van der Waals surface area contributed by atoms with E-state index in [1.165, 1.54) is 24.8 Å². The van der Waals surface area contributed by atoms with Gasteiger partial charge in [-0.3, -0.25) is 0 Å². The van der Waals surface area contributed by atoms with Crippen LogP contribution >= 0.6 is 0 Å². The summed E-state index contributed by atoms with van der Waals surface area (Å²) in [5, 5.41) is 0. The molecule has 1 aliphatic rings. The smallest absolute Gasteiger partial charge is 0.0242 e. The van der Waals surface area contributed by atoms with Crippen LogP contribution in [0.15, 0.2) is 18.2 Å². The lowest BCUT2D eigenvalue weighted by atomic mass is 9.77. The van der Waals surface area contributed by atoms with Crippen LogP contribution in [0.5, 0.6) is 0 Å². The van der Waals surface area contributed by atoms with Crippen LogP contribution in [0.3, 0.4) is 0 Å². The van der Waals surface area contributed by atoms with Gasteiger partial charge in [0.2, 0.25) is 0 Å². The molecular formula is C14H20. The predicted molar refractivity (Wildman–Crippen MR) is 61.5 cm³/mol. The minimum Gasteiger partial charge on any atom is -0.0625 e. The van der Waals surface area contributed by atoms with E-state index in [-0.39, 0.29) is 0 Å². The molecule has 0 bridgehead atoms. The standard InChI is InChI=1S/C14H20/c1-10(2)13-8-7-12-6-4-5-11(3)14(12)9-13/h4-6,10,13H,7-9H2,1-3H3. The van der Waals surface area contributed by atoms with Crippen LogP contribution in [0.2, 0.25) is 0 Å². The van der Waals surface area contributed by atoms with Crippen LogP contribution in [0.4, 0.5) is 0 Å². The Morgan fingerprint density at radius 2 is 2.07 bits per heavy atom. The predicted octanol–water partition coefficient (Wildman–Crippen LogP) is 3.76. The molecule has 0 saturated carbocycles. The van der Waals surface area contributed by atoms with Gasteiger partial charge < -0.3 is 0 Å². The van der Waals surface area contributed by atoms with Gasteiger partial charge in [0.15, 0.2) is 0 Å². The highest BCUT2D eigenvalue weighted by atomic mass is 14.3. The fourth-order valence-electron chi connectivity index (χ4n) is 2.56. The van der Waals surface area contributed by atoms with Crippen molar-refractivity contribution >= 4 is 0 Å². The van der Waals surface area contributed by atoms with Crippen LogP contribution in [-0.2, 0) is 12.8 Å². The van der Waals surface area contributed by atoms with Crippen LogP contribution in [-0.4, -0.2) is 0 Å². The lowest BCUT2D eigenvalue weighted by Crippen LogP contribution is -2.19. The lowest BCUT2D eigenvalue weighted by molar-refractivity contribution is 0.342. The van der Waals surface area contributed by atoms with E-state index in [4.69, 9.17) is 0 Å². The summed E-state index contributed by atoms with van der Waals surface area (Å²) < 4.78 is 0. The van der Waals surface area contributed by atoms with Gasteiger partial charge >= 0.3 is 0 Å². The number of fused-ring (bicyclic) bond motifs is 1. The molecule has 0 heterocycles. The van der Waals surface area contributed by atoms with Crippen molar-refractivity contribution in [3.8, 4) is 0 Å². The third-order valence-electron chi connectivity index (χ3n) is 3.70. The molecule has 2 rings (SSSR count). The Bertz CT molecular complexity index is 323. The summed E-state index contributed by atoms with van der Waals surface area (Å²) in [7, 11) is 0. The summed E-state index contributed by atoms with van der Waals surface area (Å²) in [4.78, 5) is 0. The molecule has 0 N–H and O–H groups in total. The van der Waals surface area contributed by atoms with Gasteiger partial charge in [-0.2, -0.15) is 0 Å². The number of aryl methyl sites for hydroxylation is 2. The molecule has 0 radical (unpaired) electrons. The summed E-state index contributed by atoms with van der Waals surface area (Å²) in [5.74, 6) is 1.74. The second kappa shape index (κ2) is 3.76. The van der Waals surface area contributed by atoms with E-state index in [0.29, 0.717) is 0 Å². The average Bonchev–Trinajstić information content (AvgIpc) is 2.18. The van der Waals surface area contributed by atoms with E-state index in [1.54, 1.807) is 11.1 Å². The first-order chi connectivity index (χ1) is 6.68. The summed E-state index contributed by atoms with van der Waals surface area (Å²) in [6.45, 7) is 6.96. The van der Waals surface area contributed by atoms with Gasteiger partial charge in [0, 0.05) is 0 Å². The Morgan fingerprint density at radius 3 is 2.79 bits per heavy atom. The zero-order valence-electron chi connectivity index (χ0n) is 9.51. The molecule has 1 aromatic rings. The molecule has 1 aliphatic carbocycles. The minimum atomic E-state index is 0.836. The van der Waals surface area contributed by atoms with Crippen molar-refractivity contribution in [3.05, 3.63) is 34.9 Å². The van der Waals surface area contributed by atoms with E-state index >= 15 is 0 Å². The van der Waals surface area contributed by atoms with Gasteiger partial charge in [-0.25, -0.2) is 0 Å². The first-order valence-corrected chi connectivity index (χ1v) is 5.76. The van der Waals surface area contributed by atoms with Crippen molar-refractivity contribution in [1.29, 1.82) is 0 Å². The first-order valence-electron chi connectivity index (χ1n) is 5.76. The Kier molecular flexibility index (Phi) is 2.62. The van der Waals surface area contributed by atoms with E-state index in [9.17, 15) is 0 Å². The quantitative estimate of drug-likeness (QED) is 0.629. The molecule has 0 fully saturated rings. The van der Waals surface area contributed by atoms with Gasteiger partial charge in [0.05, 0.1) is 0 Å². The maximum absolute atomic E-state index is 2.36. The molecule has 0 aromatic heterocycles. The first kappa shape index (κ1) is 9.76. The summed E-state index contributed by atoms with van der Waals surface area (Å²) in [5.41, 5.74) is 4.73. The molecule has 0 spiro atoms. The molecule has 0 aliphatic heterocycles. The Labute approximate surface area is 87.3 Å². The second-order valence-electron chi connectivity index (χ2n) is 4.96. The van der Waals surface area contributed by atoms with Gasteiger partial charge in [-0.15, -0.1) is 0 Å². The van der Waals surface area contributed by atoms with Gasteiger partial charge in [0.25, 0.3) is 0 Å². The van der Waals surface area contributed by atoms with Crippen LogP contribution < -0.4 is 0 Å². The maximum Gasteiger partial charge on any atom is -0.0242 e. The number of benzene rings is 1. The SMILES string of the molecule is Cc1cccc2c1CC(C(C)C)CC2. The van der Waals surface area contributed by atoms with Gasteiger partial charge in [0.1, 0.15) is 0 Å². The van der Waals surface area contributed by atoms with E-state index in [2.05, 4.69) is 39.0 Å². The molecule has 1 atom stereocenters. The summed E-state index contributed by atoms with van der Waals surface area (Å²) in [6, 6.07) is 6.75. The molecule has 76 valence electrons. The minimum absolute atomic E-state index is 0.836. The molecule has 1 aromatic carbocycles. The fraction of sp³-hybridized carbons (Fsp3) is 0.571. The van der Waals surface area contributed by atoms with Crippen molar-refractivity contribution in [2.45, 2.75) is 40.0 Å². The highest BCUT2D eigenvalue weighted by molar-refractivity contribution is 5.36. The summed E-state index contributed by atoms with van der Waals surface area (Å²) in [6.07, 6.45) is 3.98.